The number of β-lactam (4-membered cyclic amide) rings is 1. The molecule has 1 fully saturated rings. The Morgan fingerprint density at radius 3 is 2.05 bits per heavy atom. The third-order valence-electron chi connectivity index (χ3n) is 6.48. The SMILES string of the molecule is O=C(Cc1ccccc1)NC1C(=O)N2C(C(=O)OC(c3ccccc3)c3ccccc3)C(C=C(Cl)Cl)=CS[C@H]12. The lowest BCUT2D eigenvalue weighted by Gasteiger charge is -2.51. The molecule has 3 aromatic carbocycles. The number of rotatable bonds is 8. The van der Waals surface area contributed by atoms with Crippen molar-refractivity contribution in [3.63, 3.8) is 0 Å². The summed E-state index contributed by atoms with van der Waals surface area (Å²) < 4.78 is 6.03. The average Bonchev–Trinajstić information content (AvgIpc) is 2.95. The number of carbonyl (C=O) groups is 3. The van der Waals surface area contributed by atoms with Crippen molar-refractivity contribution >= 4 is 52.7 Å². The van der Waals surface area contributed by atoms with Gasteiger partial charge in [-0.2, -0.15) is 0 Å². The number of ether oxygens (including phenoxy) is 1. The number of thioether (sulfide) groups is 1. The summed E-state index contributed by atoms with van der Waals surface area (Å²) in [6.07, 6.45) is 0.893. The molecule has 3 atom stereocenters. The fraction of sp³-hybridized carbons (Fsp3) is 0.167. The van der Waals surface area contributed by atoms with Crippen LogP contribution >= 0.6 is 35.0 Å². The van der Waals surface area contributed by atoms with Crippen LogP contribution in [0.4, 0.5) is 0 Å². The van der Waals surface area contributed by atoms with Crippen molar-refractivity contribution < 1.29 is 19.1 Å². The Kier molecular flexibility index (Phi) is 8.41. The van der Waals surface area contributed by atoms with Crippen molar-refractivity contribution in [2.24, 2.45) is 0 Å². The fourth-order valence-corrected chi connectivity index (χ4v) is 6.11. The summed E-state index contributed by atoms with van der Waals surface area (Å²) in [7, 11) is 0. The Bertz CT molecular complexity index is 1370. The molecular formula is C30H24Cl2N2O4S. The first-order valence-electron chi connectivity index (χ1n) is 12.3. The third kappa shape index (κ3) is 6.06. The minimum absolute atomic E-state index is 0.0542. The van der Waals surface area contributed by atoms with E-state index in [1.54, 1.807) is 5.41 Å². The number of esters is 1. The van der Waals surface area contributed by atoms with E-state index in [9.17, 15) is 14.4 Å². The van der Waals surface area contributed by atoms with Gasteiger partial charge in [0.25, 0.3) is 0 Å². The Morgan fingerprint density at radius 1 is 0.923 bits per heavy atom. The molecule has 2 aliphatic rings. The maximum atomic E-state index is 13.8. The van der Waals surface area contributed by atoms with Crippen LogP contribution in [0.3, 0.4) is 0 Å². The van der Waals surface area contributed by atoms with Crippen molar-refractivity contribution in [2.75, 3.05) is 0 Å². The van der Waals surface area contributed by atoms with Crippen LogP contribution in [-0.2, 0) is 25.5 Å². The van der Waals surface area contributed by atoms with Gasteiger partial charge in [0.05, 0.1) is 6.42 Å². The van der Waals surface area contributed by atoms with E-state index in [2.05, 4.69) is 5.32 Å². The molecule has 0 spiro atoms. The second-order valence-corrected chi connectivity index (χ2v) is 11.1. The van der Waals surface area contributed by atoms with Gasteiger partial charge in [-0.05, 0) is 33.7 Å². The molecule has 1 N–H and O–H groups in total. The van der Waals surface area contributed by atoms with E-state index in [4.69, 9.17) is 27.9 Å². The van der Waals surface area contributed by atoms with Crippen LogP contribution < -0.4 is 5.32 Å². The number of amides is 2. The Morgan fingerprint density at radius 2 is 1.49 bits per heavy atom. The number of fused-ring (bicyclic) bond motifs is 1. The van der Waals surface area contributed by atoms with Crippen LogP contribution in [0.1, 0.15) is 22.8 Å². The van der Waals surface area contributed by atoms with Crippen LogP contribution in [-0.4, -0.2) is 40.1 Å². The summed E-state index contributed by atoms with van der Waals surface area (Å²) in [6.45, 7) is 0. The molecule has 5 rings (SSSR count). The summed E-state index contributed by atoms with van der Waals surface area (Å²) in [5.41, 5.74) is 2.85. The molecule has 6 nitrogen and oxygen atoms in total. The summed E-state index contributed by atoms with van der Waals surface area (Å²) in [5.74, 6) is -1.28. The zero-order valence-electron chi connectivity index (χ0n) is 20.6. The Hall–Kier alpha value is -3.52. The van der Waals surface area contributed by atoms with E-state index in [1.807, 2.05) is 91.0 Å². The molecule has 0 radical (unpaired) electrons. The number of carbonyl (C=O) groups excluding carboxylic acids is 3. The highest BCUT2D eigenvalue weighted by atomic mass is 35.5. The van der Waals surface area contributed by atoms with Gasteiger partial charge in [-0.3, -0.25) is 9.59 Å². The molecule has 198 valence electrons. The molecule has 2 heterocycles. The van der Waals surface area contributed by atoms with E-state index in [1.165, 1.54) is 22.7 Å². The van der Waals surface area contributed by atoms with Gasteiger partial charge < -0.3 is 15.0 Å². The molecule has 9 heteroatoms. The maximum absolute atomic E-state index is 13.8. The zero-order chi connectivity index (χ0) is 27.4. The van der Waals surface area contributed by atoms with Gasteiger partial charge in [0.2, 0.25) is 11.8 Å². The molecule has 0 saturated carbocycles. The van der Waals surface area contributed by atoms with Gasteiger partial charge in [0.1, 0.15) is 15.9 Å². The van der Waals surface area contributed by atoms with Crippen molar-refractivity contribution in [1.29, 1.82) is 0 Å². The maximum Gasteiger partial charge on any atom is 0.334 e. The summed E-state index contributed by atoms with van der Waals surface area (Å²) >= 11 is 13.2. The van der Waals surface area contributed by atoms with Crippen molar-refractivity contribution in [3.05, 3.63) is 129 Å². The molecular weight excluding hydrogens is 555 g/mol. The molecule has 1 saturated heterocycles. The quantitative estimate of drug-likeness (QED) is 0.281. The van der Waals surface area contributed by atoms with E-state index in [-0.39, 0.29) is 22.7 Å². The van der Waals surface area contributed by atoms with Crippen molar-refractivity contribution in [2.45, 2.75) is 30.0 Å². The van der Waals surface area contributed by atoms with Crippen molar-refractivity contribution in [3.8, 4) is 0 Å². The molecule has 39 heavy (non-hydrogen) atoms. The average molecular weight is 580 g/mol. The van der Waals surface area contributed by atoms with Crippen LogP contribution in [0.2, 0.25) is 0 Å². The summed E-state index contributed by atoms with van der Waals surface area (Å²) in [5, 5.41) is 4.08. The number of nitrogens with zero attached hydrogens (tertiary/aromatic N) is 1. The smallest absolute Gasteiger partial charge is 0.334 e. The Balaban J connectivity index is 1.38. The van der Waals surface area contributed by atoms with Gasteiger partial charge in [-0.25, -0.2) is 4.79 Å². The lowest BCUT2D eigenvalue weighted by Crippen LogP contribution is -2.74. The minimum atomic E-state index is -1.08. The Labute approximate surface area is 240 Å². The van der Waals surface area contributed by atoms with Gasteiger partial charge in [-0.15, -0.1) is 11.8 Å². The van der Waals surface area contributed by atoms with Gasteiger partial charge in [0.15, 0.2) is 12.1 Å². The van der Waals surface area contributed by atoms with E-state index >= 15 is 0 Å². The second-order valence-electron chi connectivity index (χ2n) is 9.07. The first kappa shape index (κ1) is 27.1. The normalized spacial score (nSPS) is 19.9. The lowest BCUT2D eigenvalue weighted by atomic mass is 9.97. The second kappa shape index (κ2) is 12.1. The highest BCUT2D eigenvalue weighted by Crippen LogP contribution is 2.42. The first-order valence-corrected chi connectivity index (χ1v) is 14.0. The number of benzene rings is 3. The predicted octanol–water partition coefficient (Wildman–Crippen LogP) is 5.53. The zero-order valence-corrected chi connectivity index (χ0v) is 22.9. The van der Waals surface area contributed by atoms with Crippen LogP contribution in [0.15, 0.2) is 113 Å². The molecule has 0 aromatic heterocycles. The lowest BCUT2D eigenvalue weighted by molar-refractivity contribution is -0.165. The van der Waals surface area contributed by atoms with Gasteiger partial charge in [0, 0.05) is 0 Å². The molecule has 2 unspecified atom stereocenters. The van der Waals surface area contributed by atoms with Crippen LogP contribution in [0, 0.1) is 0 Å². The fourth-order valence-electron chi connectivity index (χ4n) is 4.67. The molecule has 2 aliphatic heterocycles. The number of hydrogen-bond acceptors (Lipinski definition) is 5. The third-order valence-corrected chi connectivity index (χ3v) is 7.88. The van der Waals surface area contributed by atoms with Gasteiger partial charge in [-0.1, -0.05) is 114 Å². The first-order chi connectivity index (χ1) is 18.9. The highest BCUT2D eigenvalue weighted by Gasteiger charge is 2.56. The number of halogens is 2. The predicted molar refractivity (Wildman–Crippen MR) is 153 cm³/mol. The number of hydrogen-bond donors (Lipinski definition) is 1. The summed E-state index contributed by atoms with van der Waals surface area (Å²) in [4.78, 5) is 41.2. The molecule has 2 amide bonds. The van der Waals surface area contributed by atoms with E-state index in [0.717, 1.165) is 16.7 Å². The molecule has 3 aromatic rings. The number of nitrogens with one attached hydrogen (secondary N) is 1. The van der Waals surface area contributed by atoms with Crippen LogP contribution in [0.25, 0.3) is 0 Å². The van der Waals surface area contributed by atoms with E-state index in [0.29, 0.717) is 5.57 Å². The molecule has 0 aliphatic carbocycles. The highest BCUT2D eigenvalue weighted by molar-refractivity contribution is 8.03. The van der Waals surface area contributed by atoms with E-state index < -0.39 is 29.5 Å². The topological polar surface area (TPSA) is 75.7 Å². The minimum Gasteiger partial charge on any atom is -0.451 e. The largest absolute Gasteiger partial charge is 0.451 e. The van der Waals surface area contributed by atoms with Crippen molar-refractivity contribution in [1.82, 2.24) is 10.2 Å². The summed E-state index contributed by atoms with van der Waals surface area (Å²) in [6, 6.07) is 26.2. The standard InChI is InChI=1S/C30H24Cl2N2O4S/c31-23(32)17-22-18-39-29-25(33-24(35)16-19-10-4-1-5-11-19)28(36)34(29)26(22)30(37)38-27(20-12-6-2-7-13-20)21-14-8-3-9-15-21/h1-15,17-18,25-27,29H,16H2,(H,33,35)/t25?,26?,29-/m1/s1. The van der Waals surface area contributed by atoms with Gasteiger partial charge >= 0.3 is 5.97 Å². The monoisotopic (exact) mass is 578 g/mol. The molecule has 0 bridgehead atoms. The van der Waals surface area contributed by atoms with Crippen LogP contribution in [0.5, 0.6) is 0 Å².